The first-order valence-electron chi connectivity index (χ1n) is 5.49. The van der Waals surface area contributed by atoms with Gasteiger partial charge in [0.1, 0.15) is 0 Å². The second-order valence-electron chi connectivity index (χ2n) is 5.33. The van der Waals surface area contributed by atoms with Crippen LogP contribution in [-0.4, -0.2) is 13.8 Å². The van der Waals surface area contributed by atoms with Crippen LogP contribution in [0.2, 0.25) is 0 Å². The Morgan fingerprint density at radius 1 is 0.950 bits per heavy atom. The van der Waals surface area contributed by atoms with Crippen LogP contribution in [0.25, 0.3) is 0 Å². The second-order valence-corrected chi connectivity index (χ2v) is 62.2. The molecule has 0 radical (unpaired) electrons. The average Bonchev–Trinajstić information content (AvgIpc) is 2.57. The predicted octanol–water partition coefficient (Wildman–Crippen LogP) is 5.38. The fourth-order valence-electron chi connectivity index (χ4n) is 1.57. The summed E-state index contributed by atoms with van der Waals surface area (Å²) in [5, 5.41) is 8.59. The third kappa shape index (κ3) is 7.09. The Kier molecular flexibility index (Phi) is 4.79. The molecule has 0 saturated carbocycles. The molecule has 0 unspecified atom stereocenters. The van der Waals surface area contributed by atoms with Crippen LogP contribution < -0.4 is 4.68 Å². The fraction of sp³-hybridized carbons (Fsp3) is 0.667. The van der Waals surface area contributed by atoms with Gasteiger partial charge in [-0.05, 0) is 13.8 Å². The summed E-state index contributed by atoms with van der Waals surface area (Å²) in [6.45, 7) is 8.18. The number of halogens is 6. The average molecular weight is 514 g/mol. The summed E-state index contributed by atoms with van der Waals surface area (Å²) in [7, 11) is 25.0. The Labute approximate surface area is 138 Å². The van der Waals surface area contributed by atoms with Crippen molar-refractivity contribution >= 4 is 62.1 Å². The quantitative estimate of drug-likeness (QED) is 0.330. The molecule has 1 aliphatic rings. The predicted molar refractivity (Wildman–Crippen MR) is 89.0 cm³/mol. The van der Waals surface area contributed by atoms with E-state index in [0.717, 1.165) is 0 Å². The minimum absolute atomic E-state index is 0.265. The monoisotopic (exact) mass is 510 g/mol. The van der Waals surface area contributed by atoms with Crippen molar-refractivity contribution in [3.05, 3.63) is 18.5 Å². The topological polar surface area (TPSA) is 33.5 Å². The van der Waals surface area contributed by atoms with Crippen molar-refractivity contribution in [2.45, 2.75) is 39.0 Å². The van der Waals surface area contributed by atoms with E-state index >= 15 is 0 Å². The van der Waals surface area contributed by atoms with Gasteiger partial charge in [0.25, 0.3) is 5.66 Å². The number of hydrogen-bond acceptors (Lipinski definition) is 2. The molecule has 11 heteroatoms. The summed E-state index contributed by atoms with van der Waals surface area (Å²) in [6.07, 6.45) is 4.06. The van der Waals surface area contributed by atoms with Crippen LogP contribution in [0.15, 0.2) is 28.7 Å². The van der Waals surface area contributed by atoms with Gasteiger partial charge in [-0.1, -0.05) is 4.68 Å². The maximum atomic E-state index is 5.06. The van der Waals surface area contributed by atoms with Gasteiger partial charge in [0.05, 0.1) is 6.20 Å². The molecule has 1 aromatic heterocycles. The Morgan fingerprint density at radius 2 is 1.40 bits per heavy atom. The third-order valence-electron chi connectivity index (χ3n) is 2.35. The van der Waals surface area contributed by atoms with Crippen LogP contribution in [0.5, 0.6) is 0 Å². The Bertz CT molecular complexity index is 498. The maximum absolute atomic E-state index is 5.42. The van der Waals surface area contributed by atoms with Crippen LogP contribution in [0.4, 0.5) is 0 Å². The van der Waals surface area contributed by atoms with Gasteiger partial charge in [-0.3, -0.25) is 0 Å². The Morgan fingerprint density at radius 3 is 1.80 bits per heavy atom. The zero-order valence-electron chi connectivity index (χ0n) is 11.2. The standard InChI is InChI=1S/C9H15N4.6ClH.Sb/c1-8(2)10-11-9(3,4)13-7-5-6-12(8)13;;;;;;;/h5-7H,1-4H3;6*1H;/q+1;;;;;;;+5/p-6. The molecule has 0 N–H and O–H groups in total. The van der Waals surface area contributed by atoms with Gasteiger partial charge >= 0.3 is 62.1 Å². The van der Waals surface area contributed by atoms with Crippen LogP contribution in [-0.2, 0) is 11.3 Å². The molecule has 20 heavy (non-hydrogen) atoms. The zero-order chi connectivity index (χ0) is 16.1. The second kappa shape index (κ2) is 4.93. The van der Waals surface area contributed by atoms with E-state index in [9.17, 15) is 0 Å². The van der Waals surface area contributed by atoms with Crippen LogP contribution in [0.1, 0.15) is 27.7 Å². The molecule has 2 heterocycles. The molecule has 0 bridgehead atoms. The van der Waals surface area contributed by atoms with Crippen molar-refractivity contribution in [2.24, 2.45) is 10.2 Å². The molecular formula is C9H15Cl6N4Sb. The van der Waals surface area contributed by atoms with E-state index in [1.54, 1.807) is 0 Å². The van der Waals surface area contributed by atoms with Crippen molar-refractivity contribution in [3.63, 3.8) is 0 Å². The Hall–Kier alpha value is 1.37. The van der Waals surface area contributed by atoms with Crippen LogP contribution in [0, 0.1) is 0 Å². The van der Waals surface area contributed by atoms with Crippen LogP contribution in [0.3, 0.4) is 0 Å². The molecule has 2 rings (SSSR count). The SMILES string of the molecule is CC1(C)N=NC(C)(C)[n+]2cccn21.[Cl][Sb-]([Cl])([Cl])([Cl])([Cl])[Cl]. The normalized spacial score (nSPS) is 22.9. The molecule has 118 valence electrons. The van der Waals surface area contributed by atoms with Crippen LogP contribution >= 0.6 is 53.0 Å². The van der Waals surface area contributed by atoms with E-state index in [0.29, 0.717) is 0 Å². The molecule has 0 amide bonds. The van der Waals surface area contributed by atoms with E-state index in [1.807, 2.05) is 46.2 Å². The molecule has 0 aliphatic carbocycles. The summed E-state index contributed by atoms with van der Waals surface area (Å²) in [5.74, 6) is 0. The number of hydrogen-bond donors (Lipinski definition) is 0. The first-order valence-corrected chi connectivity index (χ1v) is 24.9. The summed E-state index contributed by atoms with van der Waals surface area (Å²) in [6, 6.07) is 2.01. The summed E-state index contributed by atoms with van der Waals surface area (Å²) in [4.78, 5) is 0. The van der Waals surface area contributed by atoms with E-state index < -0.39 is 9.14 Å². The zero-order valence-corrected chi connectivity index (χ0v) is 18.3. The molecule has 0 saturated heterocycles. The molecule has 4 nitrogen and oxygen atoms in total. The van der Waals surface area contributed by atoms with Crippen molar-refractivity contribution in [1.82, 2.24) is 4.68 Å². The van der Waals surface area contributed by atoms with Crippen molar-refractivity contribution in [2.75, 3.05) is 0 Å². The van der Waals surface area contributed by atoms with Gasteiger partial charge in [-0.2, -0.15) is 5.11 Å². The number of fused-ring (bicyclic) bond motifs is 1. The van der Waals surface area contributed by atoms with Gasteiger partial charge in [0.15, 0.2) is 6.20 Å². The number of azo groups is 1. The first-order chi connectivity index (χ1) is 8.38. The number of rotatable bonds is 0. The number of nitrogens with zero attached hydrogens (tertiary/aromatic N) is 4. The van der Waals surface area contributed by atoms with Crippen molar-refractivity contribution < 1.29 is 4.68 Å². The summed E-state index contributed by atoms with van der Waals surface area (Å²) in [5.41, 5.74) is -0.530. The van der Waals surface area contributed by atoms with E-state index in [2.05, 4.69) is 19.6 Å². The van der Waals surface area contributed by atoms with Gasteiger partial charge in [-0.15, -0.1) is 9.80 Å². The summed E-state index contributed by atoms with van der Waals surface area (Å²) >= 11 is 0. The minimum atomic E-state index is -5.42. The number of aromatic nitrogens is 2. The van der Waals surface area contributed by atoms with Crippen molar-refractivity contribution in [3.8, 4) is 0 Å². The van der Waals surface area contributed by atoms with E-state index in [1.165, 1.54) is 0 Å². The first kappa shape index (κ1) is 19.4. The van der Waals surface area contributed by atoms with Gasteiger partial charge in [-0.25, -0.2) is 0 Å². The van der Waals surface area contributed by atoms with Gasteiger partial charge < -0.3 is 0 Å². The third-order valence-corrected chi connectivity index (χ3v) is 2.35. The molecule has 0 fully saturated rings. The summed E-state index contributed by atoms with van der Waals surface area (Å²) < 4.78 is 4.19. The molecule has 0 spiro atoms. The van der Waals surface area contributed by atoms with Gasteiger partial charge in [0, 0.05) is 19.9 Å². The van der Waals surface area contributed by atoms with Crippen molar-refractivity contribution in [1.29, 1.82) is 0 Å². The molecule has 1 aliphatic heterocycles. The Balaban J connectivity index is 0.000000246. The van der Waals surface area contributed by atoms with E-state index in [-0.39, 0.29) is 11.3 Å². The van der Waals surface area contributed by atoms with E-state index in [4.69, 9.17) is 53.0 Å². The fourth-order valence-corrected chi connectivity index (χ4v) is 1.57. The molecule has 0 atom stereocenters. The molecule has 0 aromatic carbocycles. The molecule has 1 aromatic rings. The van der Waals surface area contributed by atoms with Gasteiger partial charge in [0.2, 0.25) is 5.66 Å². The molecular weight excluding hydrogens is 499 g/mol.